The molecule has 1 saturated heterocycles. The molecule has 0 radical (unpaired) electrons. The lowest BCUT2D eigenvalue weighted by atomic mass is 10.2. The van der Waals surface area contributed by atoms with Crippen molar-refractivity contribution >= 4 is 17.4 Å². The fourth-order valence-corrected chi connectivity index (χ4v) is 1.77. The molecule has 2 rings (SSSR count). The second kappa shape index (κ2) is 4.88. The Balaban J connectivity index is 2.12. The Kier molecular flexibility index (Phi) is 3.29. The molecule has 1 heterocycles. The van der Waals surface area contributed by atoms with Gasteiger partial charge in [-0.2, -0.15) is 0 Å². The normalized spacial score (nSPS) is 15.1. The maximum absolute atomic E-state index is 11.5. The van der Waals surface area contributed by atoms with Crippen LogP contribution in [-0.2, 0) is 0 Å². The summed E-state index contributed by atoms with van der Waals surface area (Å²) in [6.07, 6.45) is 1.09. The summed E-state index contributed by atoms with van der Waals surface area (Å²) in [7, 11) is 0. The van der Waals surface area contributed by atoms with Crippen LogP contribution in [0.15, 0.2) is 24.3 Å². The summed E-state index contributed by atoms with van der Waals surface area (Å²) in [5, 5.41) is 6.11. The van der Waals surface area contributed by atoms with Gasteiger partial charge in [-0.05, 0) is 24.6 Å². The second-order valence-corrected chi connectivity index (χ2v) is 3.86. The number of carbonyl (C=O) groups is 1. The van der Waals surface area contributed by atoms with E-state index in [2.05, 4.69) is 17.6 Å². The Labute approximate surface area is 95.6 Å². The van der Waals surface area contributed by atoms with Crippen LogP contribution in [0, 0.1) is 0 Å². The van der Waals surface area contributed by atoms with Crippen LogP contribution < -0.4 is 15.5 Å². The molecule has 0 saturated carbocycles. The summed E-state index contributed by atoms with van der Waals surface area (Å²) in [6, 6.07) is 7.96. The molecule has 1 fully saturated rings. The van der Waals surface area contributed by atoms with Gasteiger partial charge in [0.2, 0.25) is 0 Å². The molecular weight excluding hydrogens is 202 g/mol. The molecule has 2 amide bonds. The lowest BCUT2D eigenvalue weighted by Gasteiger charge is -2.15. The van der Waals surface area contributed by atoms with Crippen LogP contribution in [0.1, 0.15) is 13.3 Å². The number of nitrogens with one attached hydrogen (secondary N) is 2. The molecule has 1 aliphatic heterocycles. The second-order valence-electron chi connectivity index (χ2n) is 3.86. The summed E-state index contributed by atoms with van der Waals surface area (Å²) in [6.45, 7) is 4.56. The highest BCUT2D eigenvalue weighted by Gasteiger charge is 2.20. The van der Waals surface area contributed by atoms with Crippen LogP contribution in [0.25, 0.3) is 0 Å². The van der Waals surface area contributed by atoms with E-state index in [4.69, 9.17) is 0 Å². The van der Waals surface area contributed by atoms with Gasteiger partial charge in [0, 0.05) is 31.0 Å². The van der Waals surface area contributed by atoms with Gasteiger partial charge in [0.25, 0.3) is 0 Å². The minimum absolute atomic E-state index is 0.00681. The van der Waals surface area contributed by atoms with Crippen molar-refractivity contribution in [3.63, 3.8) is 0 Å². The van der Waals surface area contributed by atoms with Crippen molar-refractivity contribution in [2.75, 3.05) is 29.9 Å². The molecule has 1 aromatic rings. The summed E-state index contributed by atoms with van der Waals surface area (Å²) in [4.78, 5) is 13.3. The first-order chi connectivity index (χ1) is 7.81. The number of hydrogen-bond acceptors (Lipinski definition) is 2. The number of benzene rings is 1. The van der Waals surface area contributed by atoms with Gasteiger partial charge in [-0.1, -0.05) is 13.0 Å². The van der Waals surface area contributed by atoms with E-state index in [1.807, 2.05) is 24.3 Å². The van der Waals surface area contributed by atoms with Crippen molar-refractivity contribution in [3.8, 4) is 0 Å². The van der Waals surface area contributed by atoms with Gasteiger partial charge in [-0.25, -0.2) is 4.79 Å². The number of urea groups is 1. The standard InChI is InChI=1S/C12H17N3O/c1-2-6-13-10-4-3-5-11(9-10)15-8-7-14-12(15)16/h3-5,9,13H,2,6-8H2,1H3,(H,14,16). The zero-order valence-corrected chi connectivity index (χ0v) is 9.49. The molecule has 4 nitrogen and oxygen atoms in total. The molecule has 16 heavy (non-hydrogen) atoms. The van der Waals surface area contributed by atoms with Gasteiger partial charge >= 0.3 is 6.03 Å². The number of rotatable bonds is 4. The molecule has 0 spiro atoms. The van der Waals surface area contributed by atoms with E-state index in [1.54, 1.807) is 4.90 Å². The highest BCUT2D eigenvalue weighted by atomic mass is 16.2. The molecule has 0 aliphatic carbocycles. The van der Waals surface area contributed by atoms with Gasteiger partial charge in [0.15, 0.2) is 0 Å². The minimum atomic E-state index is -0.00681. The van der Waals surface area contributed by atoms with Crippen LogP contribution >= 0.6 is 0 Å². The van der Waals surface area contributed by atoms with Crippen molar-refractivity contribution in [1.29, 1.82) is 0 Å². The average Bonchev–Trinajstić information content (AvgIpc) is 2.73. The Morgan fingerprint density at radius 1 is 1.50 bits per heavy atom. The summed E-state index contributed by atoms with van der Waals surface area (Å²) < 4.78 is 0. The number of anilines is 2. The monoisotopic (exact) mass is 219 g/mol. The van der Waals surface area contributed by atoms with Crippen LogP contribution in [0.3, 0.4) is 0 Å². The number of hydrogen-bond donors (Lipinski definition) is 2. The molecule has 2 N–H and O–H groups in total. The third-order valence-corrected chi connectivity index (χ3v) is 2.59. The predicted molar refractivity (Wildman–Crippen MR) is 66.0 cm³/mol. The van der Waals surface area contributed by atoms with Crippen molar-refractivity contribution in [1.82, 2.24) is 5.32 Å². The van der Waals surface area contributed by atoms with E-state index in [0.29, 0.717) is 0 Å². The number of carbonyl (C=O) groups excluding carboxylic acids is 1. The topological polar surface area (TPSA) is 44.4 Å². The zero-order chi connectivity index (χ0) is 11.4. The zero-order valence-electron chi connectivity index (χ0n) is 9.49. The first-order valence-corrected chi connectivity index (χ1v) is 5.70. The predicted octanol–water partition coefficient (Wildman–Crippen LogP) is 2.04. The Morgan fingerprint density at radius 3 is 3.06 bits per heavy atom. The van der Waals surface area contributed by atoms with Gasteiger partial charge in [-0.3, -0.25) is 4.90 Å². The molecule has 1 aliphatic rings. The molecule has 0 atom stereocenters. The molecule has 1 aromatic carbocycles. The van der Waals surface area contributed by atoms with E-state index >= 15 is 0 Å². The molecule has 86 valence electrons. The van der Waals surface area contributed by atoms with E-state index in [9.17, 15) is 4.79 Å². The Bertz CT molecular complexity index is 378. The lowest BCUT2D eigenvalue weighted by Crippen LogP contribution is -2.27. The largest absolute Gasteiger partial charge is 0.385 e. The molecule has 0 unspecified atom stereocenters. The highest BCUT2D eigenvalue weighted by molar-refractivity contribution is 5.94. The summed E-state index contributed by atoms with van der Waals surface area (Å²) in [5.74, 6) is 0. The molecule has 0 aromatic heterocycles. The van der Waals surface area contributed by atoms with Crippen molar-refractivity contribution in [2.24, 2.45) is 0 Å². The van der Waals surface area contributed by atoms with Crippen molar-refractivity contribution in [3.05, 3.63) is 24.3 Å². The number of nitrogens with zero attached hydrogens (tertiary/aromatic N) is 1. The van der Waals surface area contributed by atoms with Crippen LogP contribution in [0.5, 0.6) is 0 Å². The van der Waals surface area contributed by atoms with E-state index in [1.165, 1.54) is 0 Å². The van der Waals surface area contributed by atoms with Crippen LogP contribution in [0.2, 0.25) is 0 Å². The third-order valence-electron chi connectivity index (χ3n) is 2.59. The smallest absolute Gasteiger partial charge is 0.321 e. The van der Waals surface area contributed by atoms with Crippen molar-refractivity contribution in [2.45, 2.75) is 13.3 Å². The first kappa shape index (κ1) is 10.8. The fourth-order valence-electron chi connectivity index (χ4n) is 1.77. The van der Waals surface area contributed by atoms with Gasteiger partial charge in [-0.15, -0.1) is 0 Å². The maximum atomic E-state index is 11.5. The molecule has 4 heteroatoms. The average molecular weight is 219 g/mol. The Hall–Kier alpha value is -1.71. The first-order valence-electron chi connectivity index (χ1n) is 5.70. The quantitative estimate of drug-likeness (QED) is 0.814. The lowest BCUT2D eigenvalue weighted by molar-refractivity contribution is 0.252. The van der Waals surface area contributed by atoms with Gasteiger partial charge < -0.3 is 10.6 Å². The van der Waals surface area contributed by atoms with Crippen LogP contribution in [-0.4, -0.2) is 25.7 Å². The minimum Gasteiger partial charge on any atom is -0.385 e. The highest BCUT2D eigenvalue weighted by Crippen LogP contribution is 2.20. The molecular formula is C12H17N3O. The summed E-state index contributed by atoms with van der Waals surface area (Å²) in [5.41, 5.74) is 2.02. The maximum Gasteiger partial charge on any atom is 0.321 e. The van der Waals surface area contributed by atoms with E-state index in [0.717, 1.165) is 37.4 Å². The van der Waals surface area contributed by atoms with Crippen LogP contribution in [0.4, 0.5) is 16.2 Å². The number of amides is 2. The Morgan fingerprint density at radius 2 is 2.38 bits per heavy atom. The SMILES string of the molecule is CCCNc1cccc(N2CCNC2=O)c1. The third kappa shape index (κ3) is 2.27. The fraction of sp³-hybridized carbons (Fsp3) is 0.417. The van der Waals surface area contributed by atoms with E-state index in [-0.39, 0.29) is 6.03 Å². The van der Waals surface area contributed by atoms with Gasteiger partial charge in [0.1, 0.15) is 0 Å². The summed E-state index contributed by atoms with van der Waals surface area (Å²) >= 11 is 0. The van der Waals surface area contributed by atoms with Gasteiger partial charge in [0.05, 0.1) is 0 Å². The van der Waals surface area contributed by atoms with E-state index < -0.39 is 0 Å². The molecule has 0 bridgehead atoms. The van der Waals surface area contributed by atoms with Crippen molar-refractivity contribution < 1.29 is 4.79 Å².